The fraction of sp³-hybridized carbons (Fsp3) is 0.583. The highest BCUT2D eigenvalue weighted by molar-refractivity contribution is 6.31. The SMILES string of the molecule is CCc1nn(CC)c(CNCCn2ccnn2)c1Cl. The number of rotatable bonds is 7. The molecule has 1 N–H and O–H groups in total. The maximum Gasteiger partial charge on any atom is 0.0863 e. The van der Waals surface area contributed by atoms with E-state index in [9.17, 15) is 0 Å². The van der Waals surface area contributed by atoms with Gasteiger partial charge in [0.25, 0.3) is 0 Å². The summed E-state index contributed by atoms with van der Waals surface area (Å²) in [4.78, 5) is 0. The number of nitrogens with zero attached hydrogens (tertiary/aromatic N) is 5. The van der Waals surface area contributed by atoms with Gasteiger partial charge in [0, 0.05) is 25.8 Å². The van der Waals surface area contributed by atoms with Crippen LogP contribution in [-0.4, -0.2) is 31.3 Å². The lowest BCUT2D eigenvalue weighted by Gasteiger charge is -2.07. The second-order valence-corrected chi connectivity index (χ2v) is 4.60. The molecule has 0 unspecified atom stereocenters. The first-order valence-corrected chi connectivity index (χ1v) is 6.92. The van der Waals surface area contributed by atoms with Crippen LogP contribution in [0.15, 0.2) is 12.4 Å². The van der Waals surface area contributed by atoms with Gasteiger partial charge in [0.05, 0.1) is 29.2 Å². The fourth-order valence-electron chi connectivity index (χ4n) is 1.94. The van der Waals surface area contributed by atoms with E-state index in [-0.39, 0.29) is 0 Å². The summed E-state index contributed by atoms with van der Waals surface area (Å²) >= 11 is 6.34. The molecule has 0 saturated carbocycles. The third kappa shape index (κ3) is 3.33. The fourth-order valence-corrected chi connectivity index (χ4v) is 2.27. The molecule has 0 bridgehead atoms. The quantitative estimate of drug-likeness (QED) is 0.782. The first-order valence-electron chi connectivity index (χ1n) is 6.55. The molecular weight excluding hydrogens is 264 g/mol. The molecule has 0 radical (unpaired) electrons. The summed E-state index contributed by atoms with van der Waals surface area (Å²) in [5, 5.41) is 16.3. The zero-order valence-corrected chi connectivity index (χ0v) is 12.1. The van der Waals surface area contributed by atoms with E-state index in [1.165, 1.54) is 0 Å². The van der Waals surface area contributed by atoms with Crippen LogP contribution in [0.25, 0.3) is 0 Å². The summed E-state index contributed by atoms with van der Waals surface area (Å²) in [5.74, 6) is 0. The zero-order chi connectivity index (χ0) is 13.7. The van der Waals surface area contributed by atoms with Gasteiger partial charge in [-0.1, -0.05) is 23.7 Å². The molecule has 0 aliphatic carbocycles. The monoisotopic (exact) mass is 282 g/mol. The van der Waals surface area contributed by atoms with E-state index in [0.717, 1.165) is 42.5 Å². The minimum absolute atomic E-state index is 0.717. The smallest absolute Gasteiger partial charge is 0.0863 e. The molecule has 2 rings (SSSR count). The van der Waals surface area contributed by atoms with E-state index in [2.05, 4.69) is 34.6 Å². The van der Waals surface area contributed by atoms with E-state index >= 15 is 0 Å². The summed E-state index contributed by atoms with van der Waals surface area (Å²) in [7, 11) is 0. The van der Waals surface area contributed by atoms with Crippen LogP contribution in [0.2, 0.25) is 5.02 Å². The Labute approximate surface area is 117 Å². The average Bonchev–Trinajstić information content (AvgIpc) is 3.03. The van der Waals surface area contributed by atoms with Crippen molar-refractivity contribution in [3.05, 3.63) is 28.8 Å². The number of aryl methyl sites for hydroxylation is 2. The van der Waals surface area contributed by atoms with Gasteiger partial charge in [-0.25, -0.2) is 0 Å². The molecule has 0 aromatic carbocycles. The average molecular weight is 283 g/mol. The summed E-state index contributed by atoms with van der Waals surface area (Å²) in [6.45, 7) is 7.29. The van der Waals surface area contributed by atoms with Gasteiger partial charge in [-0.2, -0.15) is 5.10 Å². The van der Waals surface area contributed by atoms with Crippen molar-refractivity contribution in [2.45, 2.75) is 39.9 Å². The van der Waals surface area contributed by atoms with Gasteiger partial charge in [-0.15, -0.1) is 5.10 Å². The highest BCUT2D eigenvalue weighted by Crippen LogP contribution is 2.21. The highest BCUT2D eigenvalue weighted by atomic mass is 35.5. The van der Waals surface area contributed by atoms with Gasteiger partial charge < -0.3 is 5.32 Å². The number of aromatic nitrogens is 5. The lowest BCUT2D eigenvalue weighted by molar-refractivity contribution is 0.522. The van der Waals surface area contributed by atoms with Crippen LogP contribution in [0.4, 0.5) is 0 Å². The molecule has 7 heteroatoms. The van der Waals surface area contributed by atoms with Crippen molar-refractivity contribution < 1.29 is 0 Å². The van der Waals surface area contributed by atoms with Crippen LogP contribution in [0.5, 0.6) is 0 Å². The van der Waals surface area contributed by atoms with Crippen molar-refractivity contribution in [2.75, 3.05) is 6.54 Å². The van der Waals surface area contributed by atoms with Gasteiger partial charge in [0.15, 0.2) is 0 Å². The van der Waals surface area contributed by atoms with Crippen LogP contribution in [0, 0.1) is 0 Å². The Morgan fingerprint density at radius 2 is 2.21 bits per heavy atom. The molecule has 104 valence electrons. The molecule has 0 aliphatic heterocycles. The Hall–Kier alpha value is -1.40. The van der Waals surface area contributed by atoms with Gasteiger partial charge in [-0.3, -0.25) is 9.36 Å². The van der Waals surface area contributed by atoms with Gasteiger partial charge in [0.2, 0.25) is 0 Å². The zero-order valence-electron chi connectivity index (χ0n) is 11.3. The number of hydrogen-bond acceptors (Lipinski definition) is 4. The van der Waals surface area contributed by atoms with Crippen molar-refractivity contribution in [3.8, 4) is 0 Å². The van der Waals surface area contributed by atoms with Gasteiger partial charge in [-0.05, 0) is 13.3 Å². The predicted octanol–water partition coefficient (Wildman–Crippen LogP) is 1.50. The van der Waals surface area contributed by atoms with Crippen molar-refractivity contribution in [1.82, 2.24) is 30.1 Å². The van der Waals surface area contributed by atoms with Crippen molar-refractivity contribution in [2.24, 2.45) is 0 Å². The van der Waals surface area contributed by atoms with Gasteiger partial charge >= 0.3 is 0 Å². The van der Waals surface area contributed by atoms with Crippen LogP contribution in [0.1, 0.15) is 25.2 Å². The number of hydrogen-bond donors (Lipinski definition) is 1. The molecule has 0 saturated heterocycles. The first kappa shape index (κ1) is 14.0. The van der Waals surface area contributed by atoms with E-state index in [4.69, 9.17) is 11.6 Å². The molecule has 6 nitrogen and oxygen atoms in total. The molecule has 0 atom stereocenters. The molecule has 0 aliphatic rings. The predicted molar refractivity (Wildman–Crippen MR) is 74.0 cm³/mol. The minimum Gasteiger partial charge on any atom is -0.309 e. The Balaban J connectivity index is 1.90. The highest BCUT2D eigenvalue weighted by Gasteiger charge is 2.13. The Kier molecular flexibility index (Phi) is 4.93. The standard InChI is InChI=1S/C12H19ClN6/c1-3-10-12(13)11(19(4-2)16-10)9-14-5-7-18-8-6-15-17-18/h6,8,14H,3-5,7,9H2,1-2H3. The Morgan fingerprint density at radius 1 is 1.37 bits per heavy atom. The van der Waals surface area contributed by atoms with E-state index in [1.54, 1.807) is 10.9 Å². The van der Waals surface area contributed by atoms with Crippen molar-refractivity contribution >= 4 is 11.6 Å². The number of nitrogens with one attached hydrogen (secondary N) is 1. The lowest BCUT2D eigenvalue weighted by atomic mass is 10.3. The van der Waals surface area contributed by atoms with E-state index in [1.807, 2.05) is 10.9 Å². The molecule has 0 fully saturated rings. The minimum atomic E-state index is 0.717. The third-order valence-corrected chi connectivity index (χ3v) is 3.41. The first-order chi connectivity index (χ1) is 9.26. The second kappa shape index (κ2) is 6.68. The molecular formula is C12H19ClN6. The molecule has 2 aromatic rings. The molecule has 0 spiro atoms. The second-order valence-electron chi connectivity index (χ2n) is 4.22. The van der Waals surface area contributed by atoms with Crippen LogP contribution in [-0.2, 0) is 26.1 Å². The Morgan fingerprint density at radius 3 is 2.84 bits per heavy atom. The summed E-state index contributed by atoms with van der Waals surface area (Å²) in [5.41, 5.74) is 2.02. The summed E-state index contributed by atoms with van der Waals surface area (Å²) in [6, 6.07) is 0. The molecule has 19 heavy (non-hydrogen) atoms. The molecule has 2 aromatic heterocycles. The summed E-state index contributed by atoms with van der Waals surface area (Å²) < 4.78 is 3.76. The van der Waals surface area contributed by atoms with Crippen LogP contribution in [0.3, 0.4) is 0 Å². The van der Waals surface area contributed by atoms with Crippen LogP contribution >= 0.6 is 11.6 Å². The van der Waals surface area contributed by atoms with Crippen molar-refractivity contribution in [3.63, 3.8) is 0 Å². The van der Waals surface area contributed by atoms with E-state index < -0.39 is 0 Å². The summed E-state index contributed by atoms with van der Waals surface area (Å²) in [6.07, 6.45) is 4.38. The largest absolute Gasteiger partial charge is 0.309 e. The maximum atomic E-state index is 6.34. The normalized spacial score (nSPS) is 11.1. The lowest BCUT2D eigenvalue weighted by Crippen LogP contribution is -2.21. The molecule has 2 heterocycles. The van der Waals surface area contributed by atoms with Gasteiger partial charge in [0.1, 0.15) is 0 Å². The third-order valence-electron chi connectivity index (χ3n) is 2.98. The van der Waals surface area contributed by atoms with E-state index in [0.29, 0.717) is 6.54 Å². The van der Waals surface area contributed by atoms with Crippen LogP contribution < -0.4 is 5.32 Å². The number of halogens is 1. The topological polar surface area (TPSA) is 60.6 Å². The van der Waals surface area contributed by atoms with Crippen molar-refractivity contribution in [1.29, 1.82) is 0 Å². The Bertz CT molecular complexity index is 505. The maximum absolute atomic E-state index is 6.34. The molecule has 0 amide bonds.